The van der Waals surface area contributed by atoms with Gasteiger partial charge in [0, 0.05) is 12.0 Å². The molecule has 0 aliphatic heterocycles. The predicted molar refractivity (Wildman–Crippen MR) is 84.1 cm³/mol. The minimum absolute atomic E-state index is 0.289. The van der Waals surface area contributed by atoms with Gasteiger partial charge >= 0.3 is 0 Å². The second-order valence-corrected chi connectivity index (χ2v) is 7.87. The van der Waals surface area contributed by atoms with Gasteiger partial charge in [-0.2, -0.15) is 0 Å². The van der Waals surface area contributed by atoms with E-state index in [0.29, 0.717) is 11.4 Å². The third kappa shape index (κ3) is 3.77. The fraction of sp³-hybridized carbons (Fsp3) is 0.500. The van der Waals surface area contributed by atoms with Gasteiger partial charge in [-0.1, -0.05) is 37.2 Å². The van der Waals surface area contributed by atoms with E-state index in [9.17, 15) is 8.42 Å². The van der Waals surface area contributed by atoms with Crippen LogP contribution in [0.3, 0.4) is 0 Å². The smallest absolute Gasteiger partial charge is 0.241 e. The first kappa shape index (κ1) is 15.4. The molecule has 1 fully saturated rings. The fourth-order valence-corrected chi connectivity index (χ4v) is 4.26. The lowest BCUT2D eigenvalue weighted by Gasteiger charge is -2.24. The van der Waals surface area contributed by atoms with E-state index < -0.39 is 10.0 Å². The molecule has 20 heavy (non-hydrogen) atoms. The quantitative estimate of drug-likeness (QED) is 0.817. The van der Waals surface area contributed by atoms with Crippen LogP contribution in [0.2, 0.25) is 0 Å². The molecule has 0 heterocycles. The zero-order valence-corrected chi connectivity index (χ0v) is 13.2. The van der Waals surface area contributed by atoms with E-state index in [0.717, 1.165) is 31.2 Å². The average Bonchev–Trinajstić information content (AvgIpc) is 2.74. The summed E-state index contributed by atoms with van der Waals surface area (Å²) in [7, 11) is -3.46. The first-order valence-electron chi connectivity index (χ1n) is 6.72. The summed E-state index contributed by atoms with van der Waals surface area (Å²) < 4.78 is 27.6. The third-order valence-corrected chi connectivity index (χ3v) is 5.50. The van der Waals surface area contributed by atoms with Crippen LogP contribution in [-0.2, 0) is 16.4 Å². The Hall–Kier alpha value is -0.980. The molecule has 0 unspecified atom stereocenters. The number of thiocarbonyl (C=S) groups is 1. The van der Waals surface area contributed by atoms with Crippen LogP contribution in [0, 0.1) is 0 Å². The zero-order valence-electron chi connectivity index (χ0n) is 11.6. The van der Waals surface area contributed by atoms with E-state index in [1.165, 1.54) is 0 Å². The molecule has 0 radical (unpaired) electrons. The summed E-state index contributed by atoms with van der Waals surface area (Å²) in [5, 5.41) is 0. The highest BCUT2D eigenvalue weighted by Crippen LogP contribution is 2.30. The van der Waals surface area contributed by atoms with Gasteiger partial charge in [0.1, 0.15) is 0 Å². The van der Waals surface area contributed by atoms with Crippen LogP contribution in [0.1, 0.15) is 38.2 Å². The normalized spacial score (nSPS) is 18.1. The van der Waals surface area contributed by atoms with Crippen LogP contribution in [0.15, 0.2) is 29.2 Å². The Labute approximate surface area is 125 Å². The Morgan fingerprint density at radius 3 is 2.35 bits per heavy atom. The van der Waals surface area contributed by atoms with Crippen LogP contribution in [0.25, 0.3) is 0 Å². The van der Waals surface area contributed by atoms with Crippen molar-refractivity contribution in [1.82, 2.24) is 4.72 Å². The van der Waals surface area contributed by atoms with Gasteiger partial charge in [-0.25, -0.2) is 13.1 Å². The summed E-state index contributed by atoms with van der Waals surface area (Å²) in [6.07, 6.45) is 4.43. The van der Waals surface area contributed by atoms with Crippen molar-refractivity contribution in [1.29, 1.82) is 0 Å². The lowest BCUT2D eigenvalue weighted by atomic mass is 10.0. The third-order valence-electron chi connectivity index (χ3n) is 3.70. The lowest BCUT2D eigenvalue weighted by molar-refractivity contribution is 0.427. The van der Waals surface area contributed by atoms with Gasteiger partial charge in [0.2, 0.25) is 10.0 Å². The Morgan fingerprint density at radius 2 is 1.85 bits per heavy atom. The molecule has 1 aromatic rings. The maximum atomic E-state index is 12.4. The van der Waals surface area contributed by atoms with E-state index in [1.54, 1.807) is 24.3 Å². The molecule has 2 rings (SSSR count). The first-order chi connectivity index (χ1) is 9.31. The molecule has 6 heteroatoms. The maximum absolute atomic E-state index is 12.4. The number of hydrogen-bond donors (Lipinski definition) is 2. The monoisotopic (exact) mass is 312 g/mol. The van der Waals surface area contributed by atoms with Gasteiger partial charge in [-0.05, 0) is 37.5 Å². The molecule has 0 aromatic heterocycles. The summed E-state index contributed by atoms with van der Waals surface area (Å²) in [4.78, 5) is 0.689. The Balaban J connectivity index is 2.15. The van der Waals surface area contributed by atoms with Crippen molar-refractivity contribution < 1.29 is 8.42 Å². The van der Waals surface area contributed by atoms with Crippen LogP contribution in [0.5, 0.6) is 0 Å². The average molecular weight is 312 g/mol. The number of sulfonamides is 1. The van der Waals surface area contributed by atoms with Crippen LogP contribution < -0.4 is 10.5 Å². The maximum Gasteiger partial charge on any atom is 0.241 e. The largest absolute Gasteiger partial charge is 0.393 e. The van der Waals surface area contributed by atoms with Crippen molar-refractivity contribution in [2.24, 2.45) is 5.73 Å². The second kappa shape index (κ2) is 5.79. The topological polar surface area (TPSA) is 72.2 Å². The zero-order chi connectivity index (χ0) is 14.8. The molecule has 1 aliphatic carbocycles. The van der Waals surface area contributed by atoms with Crippen LogP contribution in [0.4, 0.5) is 0 Å². The summed E-state index contributed by atoms with van der Waals surface area (Å²) in [6, 6.07) is 6.72. The standard InChI is InChI=1S/C14H20N2O2S2/c1-14(8-2-3-9-14)16-20(17,18)12-6-4-11(5-7-12)10-13(15)19/h4-7,16H,2-3,8-10H2,1H3,(H2,15,19). The molecule has 0 bridgehead atoms. The molecule has 0 amide bonds. The highest BCUT2D eigenvalue weighted by molar-refractivity contribution is 7.89. The van der Waals surface area contributed by atoms with Gasteiger partial charge in [0.25, 0.3) is 0 Å². The van der Waals surface area contributed by atoms with Crippen molar-refractivity contribution in [2.45, 2.75) is 49.5 Å². The van der Waals surface area contributed by atoms with Crippen LogP contribution in [-0.4, -0.2) is 18.9 Å². The van der Waals surface area contributed by atoms with Gasteiger partial charge in [-0.3, -0.25) is 0 Å². The number of benzene rings is 1. The molecule has 1 aliphatic rings. The molecule has 1 aromatic carbocycles. The molecule has 4 nitrogen and oxygen atoms in total. The molecular formula is C14H20N2O2S2. The highest BCUT2D eigenvalue weighted by Gasteiger charge is 2.33. The molecular weight excluding hydrogens is 292 g/mol. The van der Waals surface area contributed by atoms with E-state index in [2.05, 4.69) is 4.72 Å². The van der Waals surface area contributed by atoms with Gasteiger partial charge in [0.05, 0.1) is 9.88 Å². The second-order valence-electron chi connectivity index (χ2n) is 5.66. The van der Waals surface area contributed by atoms with E-state index >= 15 is 0 Å². The van der Waals surface area contributed by atoms with Gasteiger partial charge in [0.15, 0.2) is 0 Å². The molecule has 3 N–H and O–H groups in total. The number of nitrogens with two attached hydrogens (primary N) is 1. The SMILES string of the molecule is CC1(NS(=O)(=O)c2ccc(CC(N)=S)cc2)CCCC1. The fourth-order valence-electron chi connectivity index (χ4n) is 2.63. The molecule has 0 spiro atoms. The summed E-state index contributed by atoms with van der Waals surface area (Å²) >= 11 is 4.84. The van der Waals surface area contributed by atoms with E-state index in [1.807, 2.05) is 6.92 Å². The number of nitrogens with one attached hydrogen (secondary N) is 1. The van der Waals surface area contributed by atoms with Crippen molar-refractivity contribution in [3.63, 3.8) is 0 Å². The Bertz CT molecular complexity index is 588. The molecule has 110 valence electrons. The number of hydrogen-bond acceptors (Lipinski definition) is 3. The summed E-state index contributed by atoms with van der Waals surface area (Å²) in [5.41, 5.74) is 6.09. The first-order valence-corrected chi connectivity index (χ1v) is 8.61. The van der Waals surface area contributed by atoms with E-state index in [4.69, 9.17) is 18.0 Å². The Morgan fingerprint density at radius 1 is 1.30 bits per heavy atom. The van der Waals surface area contributed by atoms with E-state index in [-0.39, 0.29) is 10.4 Å². The van der Waals surface area contributed by atoms with Crippen molar-refractivity contribution in [3.05, 3.63) is 29.8 Å². The predicted octanol–water partition coefficient (Wildman–Crippen LogP) is 2.13. The summed E-state index contributed by atoms with van der Waals surface area (Å²) in [5.74, 6) is 0. The highest BCUT2D eigenvalue weighted by atomic mass is 32.2. The minimum atomic E-state index is -3.46. The molecule has 0 atom stereocenters. The molecule has 0 saturated heterocycles. The summed E-state index contributed by atoms with van der Waals surface area (Å²) in [6.45, 7) is 1.97. The van der Waals surface area contributed by atoms with Crippen molar-refractivity contribution >= 4 is 27.2 Å². The lowest BCUT2D eigenvalue weighted by Crippen LogP contribution is -2.43. The van der Waals surface area contributed by atoms with Crippen molar-refractivity contribution in [2.75, 3.05) is 0 Å². The van der Waals surface area contributed by atoms with Crippen molar-refractivity contribution in [3.8, 4) is 0 Å². The van der Waals surface area contributed by atoms with Gasteiger partial charge < -0.3 is 5.73 Å². The molecule has 1 saturated carbocycles. The Kier molecular flexibility index (Phi) is 4.46. The minimum Gasteiger partial charge on any atom is -0.393 e. The van der Waals surface area contributed by atoms with Crippen LogP contribution >= 0.6 is 12.2 Å². The van der Waals surface area contributed by atoms with Gasteiger partial charge in [-0.15, -0.1) is 0 Å². The number of rotatable bonds is 5.